The van der Waals surface area contributed by atoms with Crippen LogP contribution < -0.4 is 5.73 Å². The molecule has 20 heavy (non-hydrogen) atoms. The maximum atomic E-state index is 6.04. The first-order valence-corrected chi connectivity index (χ1v) is 8.92. The van der Waals surface area contributed by atoms with E-state index in [-0.39, 0.29) is 6.10 Å². The van der Waals surface area contributed by atoms with E-state index >= 15 is 0 Å². The lowest BCUT2D eigenvalue weighted by atomic mass is 9.85. The van der Waals surface area contributed by atoms with Gasteiger partial charge in [0, 0.05) is 6.61 Å². The number of hydrogen-bond acceptors (Lipinski definition) is 4. The average Bonchev–Trinajstić information content (AvgIpc) is 2.81. The molecule has 0 aliphatic heterocycles. The van der Waals surface area contributed by atoms with Crippen LogP contribution in [0.5, 0.6) is 0 Å². The lowest BCUT2D eigenvalue weighted by Gasteiger charge is -2.28. The number of nitrogens with zero attached hydrogens (tertiary/aromatic N) is 1. The Hall–Kier alpha value is -0.610. The number of fused-ring (bicyclic) bond motifs is 1. The smallest absolute Gasteiger partial charge is 0.180 e. The minimum atomic E-state index is 0.240. The van der Waals surface area contributed by atoms with Crippen molar-refractivity contribution >= 4 is 16.5 Å². The standard InChI is InChI=1S/C16H28N2OS/c1-3-5-6-7-8-12-10-13-15(20-16(17)18-13)14(11-12)19-9-4-2/h12,14H,3-11H2,1-2H3,(H2,17,18). The van der Waals surface area contributed by atoms with Crippen LogP contribution in [0.3, 0.4) is 0 Å². The summed E-state index contributed by atoms with van der Waals surface area (Å²) in [7, 11) is 0. The van der Waals surface area contributed by atoms with Crippen LogP contribution in [0.4, 0.5) is 5.13 Å². The summed E-state index contributed by atoms with van der Waals surface area (Å²) in [6, 6.07) is 0. The van der Waals surface area contributed by atoms with Gasteiger partial charge in [-0.05, 0) is 31.6 Å². The van der Waals surface area contributed by atoms with Gasteiger partial charge in [0.1, 0.15) is 0 Å². The first kappa shape index (κ1) is 15.8. The van der Waals surface area contributed by atoms with Crippen molar-refractivity contribution in [3.63, 3.8) is 0 Å². The molecule has 0 radical (unpaired) electrons. The quantitative estimate of drug-likeness (QED) is 0.706. The zero-order chi connectivity index (χ0) is 14.4. The van der Waals surface area contributed by atoms with E-state index in [1.165, 1.54) is 42.7 Å². The fourth-order valence-corrected chi connectivity index (χ4v) is 3.95. The summed E-state index contributed by atoms with van der Waals surface area (Å²) in [5.41, 5.74) is 7.09. The molecule has 0 bridgehead atoms. The number of aromatic nitrogens is 1. The lowest BCUT2D eigenvalue weighted by molar-refractivity contribution is 0.0296. The summed E-state index contributed by atoms with van der Waals surface area (Å²) in [6.45, 7) is 5.26. The zero-order valence-corrected chi connectivity index (χ0v) is 13.7. The van der Waals surface area contributed by atoms with Crippen LogP contribution in [0.15, 0.2) is 0 Å². The molecular formula is C16H28N2OS. The Morgan fingerprint density at radius 2 is 2.10 bits per heavy atom. The zero-order valence-electron chi connectivity index (χ0n) is 12.9. The third-order valence-electron chi connectivity index (χ3n) is 4.06. The molecule has 1 aliphatic rings. The molecule has 0 amide bonds. The van der Waals surface area contributed by atoms with Gasteiger partial charge in [0.15, 0.2) is 5.13 Å². The lowest BCUT2D eigenvalue weighted by Crippen LogP contribution is -2.20. The highest BCUT2D eigenvalue weighted by Crippen LogP contribution is 2.41. The molecule has 0 fully saturated rings. The SMILES string of the molecule is CCCCCCC1Cc2nc(N)sc2C(OCCC)C1. The largest absolute Gasteiger partial charge is 0.375 e. The summed E-state index contributed by atoms with van der Waals surface area (Å²) in [4.78, 5) is 5.81. The van der Waals surface area contributed by atoms with Crippen molar-refractivity contribution in [2.45, 2.75) is 71.3 Å². The molecule has 1 aliphatic carbocycles. The van der Waals surface area contributed by atoms with Crippen LogP contribution in [0.25, 0.3) is 0 Å². The van der Waals surface area contributed by atoms with E-state index in [0.29, 0.717) is 5.13 Å². The number of nitrogens with two attached hydrogens (primary N) is 1. The molecule has 2 rings (SSSR count). The van der Waals surface area contributed by atoms with Crippen LogP contribution in [0.2, 0.25) is 0 Å². The van der Waals surface area contributed by atoms with Gasteiger partial charge in [-0.1, -0.05) is 50.9 Å². The van der Waals surface area contributed by atoms with Crippen molar-refractivity contribution in [2.75, 3.05) is 12.3 Å². The van der Waals surface area contributed by atoms with Crippen LogP contribution in [-0.2, 0) is 11.2 Å². The molecule has 4 heteroatoms. The Labute approximate surface area is 126 Å². The summed E-state index contributed by atoms with van der Waals surface area (Å²) in [5, 5.41) is 0.701. The molecule has 0 aromatic carbocycles. The van der Waals surface area contributed by atoms with Gasteiger partial charge in [0.05, 0.1) is 16.7 Å². The number of anilines is 1. The molecule has 2 atom stereocenters. The van der Waals surface area contributed by atoms with Crippen molar-refractivity contribution in [1.29, 1.82) is 0 Å². The van der Waals surface area contributed by atoms with E-state index < -0.39 is 0 Å². The minimum absolute atomic E-state index is 0.240. The van der Waals surface area contributed by atoms with Crippen LogP contribution in [0.1, 0.15) is 75.5 Å². The van der Waals surface area contributed by atoms with Crippen molar-refractivity contribution in [1.82, 2.24) is 4.98 Å². The Morgan fingerprint density at radius 3 is 2.85 bits per heavy atom. The van der Waals surface area contributed by atoms with Crippen molar-refractivity contribution in [3.05, 3.63) is 10.6 Å². The number of ether oxygens (including phenoxy) is 1. The first-order valence-electron chi connectivity index (χ1n) is 8.11. The van der Waals surface area contributed by atoms with Crippen LogP contribution in [-0.4, -0.2) is 11.6 Å². The van der Waals surface area contributed by atoms with Gasteiger partial charge in [-0.15, -0.1) is 0 Å². The summed E-state index contributed by atoms with van der Waals surface area (Å²) in [5.74, 6) is 0.725. The molecule has 2 unspecified atom stereocenters. The molecule has 2 N–H and O–H groups in total. The second kappa shape index (κ2) is 7.99. The number of unbranched alkanes of at least 4 members (excludes halogenated alkanes) is 3. The fraction of sp³-hybridized carbons (Fsp3) is 0.812. The highest BCUT2D eigenvalue weighted by molar-refractivity contribution is 7.15. The number of thiazole rings is 1. The summed E-state index contributed by atoms with van der Waals surface area (Å²) in [6.07, 6.45) is 10.2. The van der Waals surface area contributed by atoms with Gasteiger partial charge in [0.25, 0.3) is 0 Å². The van der Waals surface area contributed by atoms with Gasteiger partial charge in [-0.3, -0.25) is 0 Å². The van der Waals surface area contributed by atoms with Crippen LogP contribution >= 0.6 is 11.3 Å². The van der Waals surface area contributed by atoms with E-state index in [4.69, 9.17) is 10.5 Å². The van der Waals surface area contributed by atoms with E-state index in [1.807, 2.05) is 0 Å². The fourth-order valence-electron chi connectivity index (χ4n) is 3.03. The van der Waals surface area contributed by atoms with Crippen molar-refractivity contribution < 1.29 is 4.74 Å². The summed E-state index contributed by atoms with van der Waals surface area (Å²) >= 11 is 1.62. The second-order valence-electron chi connectivity index (χ2n) is 5.88. The molecule has 114 valence electrons. The highest BCUT2D eigenvalue weighted by atomic mass is 32.1. The first-order chi connectivity index (χ1) is 9.74. The monoisotopic (exact) mass is 296 g/mol. The van der Waals surface area contributed by atoms with Gasteiger partial charge >= 0.3 is 0 Å². The molecule has 0 saturated carbocycles. The average molecular weight is 296 g/mol. The molecule has 3 nitrogen and oxygen atoms in total. The number of rotatable bonds is 8. The van der Waals surface area contributed by atoms with Crippen LogP contribution in [0, 0.1) is 5.92 Å². The molecule has 1 heterocycles. The molecule has 0 saturated heterocycles. The van der Waals surface area contributed by atoms with E-state index in [0.717, 1.165) is 31.8 Å². The van der Waals surface area contributed by atoms with Gasteiger partial charge in [-0.25, -0.2) is 4.98 Å². The van der Waals surface area contributed by atoms with E-state index in [1.54, 1.807) is 11.3 Å². The van der Waals surface area contributed by atoms with Gasteiger partial charge in [-0.2, -0.15) is 0 Å². The molecular weight excluding hydrogens is 268 g/mol. The Morgan fingerprint density at radius 1 is 1.25 bits per heavy atom. The topological polar surface area (TPSA) is 48.1 Å². The predicted octanol–water partition coefficient (Wildman–Crippen LogP) is 4.73. The Bertz CT molecular complexity index is 405. The Balaban J connectivity index is 1.94. The van der Waals surface area contributed by atoms with E-state index in [2.05, 4.69) is 18.8 Å². The number of nitrogen functional groups attached to an aromatic ring is 1. The normalized spacial score (nSPS) is 21.9. The van der Waals surface area contributed by atoms with Crippen molar-refractivity contribution in [3.8, 4) is 0 Å². The Kier molecular flexibility index (Phi) is 6.30. The van der Waals surface area contributed by atoms with Gasteiger partial charge in [0.2, 0.25) is 0 Å². The molecule has 1 aromatic heterocycles. The number of hydrogen-bond donors (Lipinski definition) is 1. The summed E-state index contributed by atoms with van der Waals surface area (Å²) < 4.78 is 6.04. The predicted molar refractivity (Wildman–Crippen MR) is 86.1 cm³/mol. The van der Waals surface area contributed by atoms with Crippen molar-refractivity contribution in [2.24, 2.45) is 5.92 Å². The minimum Gasteiger partial charge on any atom is -0.375 e. The molecule has 0 spiro atoms. The highest BCUT2D eigenvalue weighted by Gasteiger charge is 2.30. The third-order valence-corrected chi connectivity index (χ3v) is 5.07. The maximum absolute atomic E-state index is 6.04. The maximum Gasteiger partial charge on any atom is 0.180 e. The molecule has 1 aromatic rings. The van der Waals surface area contributed by atoms with Gasteiger partial charge < -0.3 is 10.5 Å². The third kappa shape index (κ3) is 4.19. The van der Waals surface area contributed by atoms with E-state index in [9.17, 15) is 0 Å². The second-order valence-corrected chi connectivity index (χ2v) is 6.94.